The molecule has 2 N–H and O–H groups in total. The number of carboxylic acids is 1. The summed E-state index contributed by atoms with van der Waals surface area (Å²) < 4.78 is 10.6. The van der Waals surface area contributed by atoms with Crippen molar-refractivity contribution < 1.29 is 24.0 Å². The first kappa shape index (κ1) is 20.4. The fourth-order valence-electron chi connectivity index (χ4n) is 2.65. The van der Waals surface area contributed by atoms with Crippen molar-refractivity contribution in [3.05, 3.63) is 30.2 Å². The number of carboxylic acid groups (broad SMARTS) is 1. The second kappa shape index (κ2) is 9.16. The summed E-state index contributed by atoms with van der Waals surface area (Å²) in [6.07, 6.45) is 1.31. The van der Waals surface area contributed by atoms with Gasteiger partial charge in [0.15, 0.2) is 0 Å². The summed E-state index contributed by atoms with van der Waals surface area (Å²) in [7, 11) is 0. The van der Waals surface area contributed by atoms with Gasteiger partial charge in [-0.05, 0) is 44.5 Å². The number of carbonyl (C=O) groups is 2. The molecule has 0 fully saturated rings. The van der Waals surface area contributed by atoms with Crippen LogP contribution in [0.1, 0.15) is 45.9 Å². The number of ether oxygens (including phenoxy) is 1. The molecule has 1 atom stereocenters. The van der Waals surface area contributed by atoms with Crippen LogP contribution in [0.2, 0.25) is 0 Å². The van der Waals surface area contributed by atoms with Crippen molar-refractivity contribution in [2.45, 2.75) is 52.0 Å². The van der Waals surface area contributed by atoms with Gasteiger partial charge in [-0.25, -0.2) is 4.79 Å². The number of amides is 1. The Balaban J connectivity index is 1.93. The standard InChI is InChI=1S/C19H25N3O5/c1-4-12-19(3,18(24)25)21-15(23)10-11-16-20-17(22-27-16)13-6-8-14(9-7-13)26-5-2/h6-9H,4-5,10-12H2,1-3H3,(H,21,23)(H,24,25). The van der Waals surface area contributed by atoms with Gasteiger partial charge in [0.05, 0.1) is 6.61 Å². The largest absolute Gasteiger partial charge is 0.494 e. The van der Waals surface area contributed by atoms with Gasteiger partial charge in [-0.1, -0.05) is 18.5 Å². The minimum Gasteiger partial charge on any atom is -0.494 e. The van der Waals surface area contributed by atoms with Crippen LogP contribution in [0.4, 0.5) is 0 Å². The molecule has 1 aromatic heterocycles. The minimum atomic E-state index is -1.27. The summed E-state index contributed by atoms with van der Waals surface area (Å²) in [5, 5.41) is 15.8. The molecule has 0 bridgehead atoms. The van der Waals surface area contributed by atoms with E-state index < -0.39 is 11.5 Å². The predicted molar refractivity (Wildman–Crippen MR) is 98.3 cm³/mol. The molecule has 0 spiro atoms. The van der Waals surface area contributed by atoms with E-state index in [9.17, 15) is 14.7 Å². The number of benzene rings is 1. The fourth-order valence-corrected chi connectivity index (χ4v) is 2.65. The zero-order valence-electron chi connectivity index (χ0n) is 15.8. The number of aromatic nitrogens is 2. The number of nitrogens with zero attached hydrogens (tertiary/aromatic N) is 2. The summed E-state index contributed by atoms with van der Waals surface area (Å²) >= 11 is 0. The molecule has 0 saturated heterocycles. The zero-order chi connectivity index (χ0) is 19.9. The normalized spacial score (nSPS) is 13.0. The molecule has 8 nitrogen and oxygen atoms in total. The maximum absolute atomic E-state index is 12.1. The monoisotopic (exact) mass is 375 g/mol. The van der Waals surface area contributed by atoms with Crippen LogP contribution in [0.5, 0.6) is 5.75 Å². The molecule has 1 amide bonds. The van der Waals surface area contributed by atoms with E-state index in [-0.39, 0.29) is 18.7 Å². The summed E-state index contributed by atoms with van der Waals surface area (Å²) in [4.78, 5) is 27.8. The van der Waals surface area contributed by atoms with Crippen LogP contribution < -0.4 is 10.1 Å². The van der Waals surface area contributed by atoms with E-state index >= 15 is 0 Å². The van der Waals surface area contributed by atoms with E-state index in [1.807, 2.05) is 38.1 Å². The third kappa shape index (κ3) is 5.54. The Morgan fingerprint density at radius 2 is 1.96 bits per heavy atom. The molecule has 146 valence electrons. The van der Waals surface area contributed by atoms with E-state index in [4.69, 9.17) is 9.26 Å². The van der Waals surface area contributed by atoms with E-state index in [1.54, 1.807) is 0 Å². The second-order valence-corrected chi connectivity index (χ2v) is 6.40. The van der Waals surface area contributed by atoms with E-state index in [1.165, 1.54) is 6.92 Å². The number of hydrogen-bond donors (Lipinski definition) is 2. The van der Waals surface area contributed by atoms with Gasteiger partial charge in [-0.3, -0.25) is 4.79 Å². The topological polar surface area (TPSA) is 115 Å². The number of aliphatic carboxylic acids is 1. The molecule has 0 saturated carbocycles. The second-order valence-electron chi connectivity index (χ2n) is 6.40. The molecule has 1 unspecified atom stereocenters. The summed E-state index contributed by atoms with van der Waals surface area (Å²) in [6, 6.07) is 7.30. The van der Waals surface area contributed by atoms with Gasteiger partial charge in [0.2, 0.25) is 17.6 Å². The Bertz CT molecular complexity index is 772. The molecule has 1 aromatic carbocycles. The molecule has 0 aliphatic heterocycles. The third-order valence-corrected chi connectivity index (χ3v) is 4.09. The van der Waals surface area contributed by atoms with Gasteiger partial charge < -0.3 is 19.7 Å². The van der Waals surface area contributed by atoms with E-state index in [2.05, 4.69) is 15.5 Å². The fraction of sp³-hybridized carbons (Fsp3) is 0.474. The highest BCUT2D eigenvalue weighted by molar-refractivity contribution is 5.86. The molecule has 1 heterocycles. The average molecular weight is 375 g/mol. The third-order valence-electron chi connectivity index (χ3n) is 4.09. The lowest BCUT2D eigenvalue weighted by molar-refractivity contribution is -0.147. The summed E-state index contributed by atoms with van der Waals surface area (Å²) in [6.45, 7) is 5.88. The Kier molecular flexibility index (Phi) is 6.92. The van der Waals surface area contributed by atoms with Crippen molar-refractivity contribution in [3.63, 3.8) is 0 Å². The lowest BCUT2D eigenvalue weighted by Crippen LogP contribution is -2.52. The minimum absolute atomic E-state index is 0.0670. The number of nitrogens with one attached hydrogen (secondary N) is 1. The maximum atomic E-state index is 12.1. The summed E-state index contributed by atoms with van der Waals surface area (Å²) in [5.74, 6) is 0.0917. The Hall–Kier alpha value is -2.90. The molecule has 0 aliphatic rings. The van der Waals surface area contributed by atoms with E-state index in [0.717, 1.165) is 11.3 Å². The number of hydrogen-bond acceptors (Lipinski definition) is 6. The molecule has 2 rings (SSSR count). The average Bonchev–Trinajstić information content (AvgIpc) is 3.10. The van der Waals surface area contributed by atoms with E-state index in [0.29, 0.717) is 31.2 Å². The van der Waals surface area contributed by atoms with Crippen LogP contribution in [-0.2, 0) is 16.0 Å². The first-order chi connectivity index (χ1) is 12.9. The highest BCUT2D eigenvalue weighted by Crippen LogP contribution is 2.20. The first-order valence-electron chi connectivity index (χ1n) is 8.98. The molecular weight excluding hydrogens is 350 g/mol. The van der Waals surface area contributed by atoms with Crippen molar-refractivity contribution in [2.75, 3.05) is 6.61 Å². The quantitative estimate of drug-likeness (QED) is 0.656. The first-order valence-corrected chi connectivity index (χ1v) is 8.98. The van der Waals surface area contributed by atoms with Crippen LogP contribution in [0.3, 0.4) is 0 Å². The zero-order valence-corrected chi connectivity index (χ0v) is 15.8. The van der Waals surface area contributed by atoms with Gasteiger partial charge in [0.25, 0.3) is 0 Å². The highest BCUT2D eigenvalue weighted by Gasteiger charge is 2.33. The smallest absolute Gasteiger partial charge is 0.329 e. The van der Waals surface area contributed by atoms with Crippen molar-refractivity contribution in [3.8, 4) is 17.1 Å². The Morgan fingerprint density at radius 3 is 2.56 bits per heavy atom. The molecular formula is C19H25N3O5. The van der Waals surface area contributed by atoms with Crippen LogP contribution in [0.25, 0.3) is 11.4 Å². The Morgan fingerprint density at radius 1 is 1.26 bits per heavy atom. The lowest BCUT2D eigenvalue weighted by atomic mass is 9.96. The van der Waals surface area contributed by atoms with Crippen molar-refractivity contribution in [1.82, 2.24) is 15.5 Å². The van der Waals surface area contributed by atoms with Crippen molar-refractivity contribution in [1.29, 1.82) is 0 Å². The molecule has 2 aromatic rings. The van der Waals surface area contributed by atoms with Gasteiger partial charge in [0.1, 0.15) is 11.3 Å². The Labute approximate surface area is 157 Å². The number of carbonyl (C=O) groups excluding carboxylic acids is 1. The predicted octanol–water partition coefficient (Wildman–Crippen LogP) is 2.83. The number of rotatable bonds is 10. The SMILES string of the molecule is CCCC(C)(NC(=O)CCc1nc(-c2ccc(OCC)cc2)no1)C(=O)O. The van der Waals surface area contributed by atoms with Crippen LogP contribution in [0.15, 0.2) is 28.8 Å². The molecule has 8 heteroatoms. The van der Waals surface area contributed by atoms with Gasteiger partial charge >= 0.3 is 5.97 Å². The highest BCUT2D eigenvalue weighted by atomic mass is 16.5. The van der Waals surface area contributed by atoms with Crippen molar-refractivity contribution >= 4 is 11.9 Å². The molecule has 0 radical (unpaired) electrons. The van der Waals surface area contributed by atoms with Crippen LogP contribution in [0, 0.1) is 0 Å². The van der Waals surface area contributed by atoms with Gasteiger partial charge in [-0.2, -0.15) is 4.98 Å². The molecule has 27 heavy (non-hydrogen) atoms. The van der Waals surface area contributed by atoms with Crippen molar-refractivity contribution in [2.24, 2.45) is 0 Å². The van der Waals surface area contributed by atoms with Crippen LogP contribution >= 0.6 is 0 Å². The lowest BCUT2D eigenvalue weighted by Gasteiger charge is -2.25. The van der Waals surface area contributed by atoms with Crippen LogP contribution in [-0.4, -0.2) is 39.3 Å². The van der Waals surface area contributed by atoms with Gasteiger partial charge in [-0.15, -0.1) is 0 Å². The molecule has 0 aliphatic carbocycles. The summed E-state index contributed by atoms with van der Waals surface area (Å²) in [5.41, 5.74) is -0.493. The van der Waals surface area contributed by atoms with Gasteiger partial charge in [0, 0.05) is 18.4 Å². The number of aryl methyl sites for hydroxylation is 1. The maximum Gasteiger partial charge on any atom is 0.329 e.